The van der Waals surface area contributed by atoms with Crippen LogP contribution in [-0.4, -0.2) is 35.9 Å². The van der Waals surface area contributed by atoms with Crippen LogP contribution in [0.5, 0.6) is 0 Å². The number of nitrogens with zero attached hydrogens (tertiary/aromatic N) is 1. The van der Waals surface area contributed by atoms with Crippen molar-refractivity contribution in [1.82, 2.24) is 10.3 Å². The van der Waals surface area contributed by atoms with Crippen LogP contribution >= 0.6 is 23.4 Å². The Morgan fingerprint density at radius 2 is 2.19 bits per heavy atom. The van der Waals surface area contributed by atoms with Crippen LogP contribution in [0.2, 0.25) is 5.02 Å². The summed E-state index contributed by atoms with van der Waals surface area (Å²) in [7, 11) is 0. The third-order valence-corrected chi connectivity index (χ3v) is 6.47. The first-order chi connectivity index (χ1) is 12.7. The summed E-state index contributed by atoms with van der Waals surface area (Å²) in [5.74, 6) is 0.465. The Balaban J connectivity index is 1.52. The number of thioether (sulfide) groups is 1. The molecule has 0 bridgehead atoms. The van der Waals surface area contributed by atoms with E-state index >= 15 is 0 Å². The maximum atomic E-state index is 12.3. The van der Waals surface area contributed by atoms with Crippen molar-refractivity contribution in [3.8, 4) is 0 Å². The quantitative estimate of drug-likeness (QED) is 0.779. The average molecular weight is 391 g/mol. The molecule has 138 valence electrons. The number of amides is 1. The summed E-state index contributed by atoms with van der Waals surface area (Å²) in [5, 5.41) is 4.78. The van der Waals surface area contributed by atoms with Crippen molar-refractivity contribution in [2.45, 2.75) is 49.5 Å². The molecule has 1 amide bonds. The number of aryl methyl sites for hydroxylation is 1. The highest BCUT2D eigenvalue weighted by molar-refractivity contribution is 8.00. The van der Waals surface area contributed by atoms with E-state index in [9.17, 15) is 4.79 Å². The summed E-state index contributed by atoms with van der Waals surface area (Å²) in [5.41, 5.74) is 3.47. The lowest BCUT2D eigenvalue weighted by Gasteiger charge is -2.20. The highest BCUT2D eigenvalue weighted by Crippen LogP contribution is 2.37. The van der Waals surface area contributed by atoms with Crippen LogP contribution in [0.1, 0.15) is 36.9 Å². The van der Waals surface area contributed by atoms with E-state index in [0.717, 1.165) is 43.2 Å². The molecular weight excluding hydrogens is 368 g/mol. The van der Waals surface area contributed by atoms with Gasteiger partial charge in [-0.05, 0) is 62.3 Å². The Hall–Kier alpha value is -1.30. The topological polar surface area (TPSA) is 51.2 Å². The minimum atomic E-state index is 0.0575. The Morgan fingerprint density at radius 3 is 3.04 bits per heavy atom. The number of rotatable bonds is 5. The monoisotopic (exact) mass is 390 g/mol. The molecule has 1 aromatic heterocycles. The summed E-state index contributed by atoms with van der Waals surface area (Å²) in [6, 6.07) is 5.84. The van der Waals surface area contributed by atoms with Gasteiger partial charge in [-0.25, -0.2) is 0 Å². The third kappa shape index (κ3) is 4.00. The van der Waals surface area contributed by atoms with E-state index in [1.54, 1.807) is 11.8 Å². The molecule has 6 heteroatoms. The number of pyridine rings is 1. The lowest BCUT2D eigenvalue weighted by Crippen LogP contribution is -2.32. The molecule has 0 unspecified atom stereocenters. The zero-order chi connectivity index (χ0) is 17.9. The molecule has 1 saturated heterocycles. The minimum absolute atomic E-state index is 0.0575. The fraction of sp³-hybridized carbons (Fsp3) is 0.500. The number of carbonyl (C=O) groups is 1. The number of aromatic nitrogens is 1. The van der Waals surface area contributed by atoms with Gasteiger partial charge < -0.3 is 10.1 Å². The van der Waals surface area contributed by atoms with Gasteiger partial charge in [0, 0.05) is 34.1 Å². The molecule has 26 heavy (non-hydrogen) atoms. The molecular formula is C20H23ClN2O2S. The molecule has 0 saturated carbocycles. The SMILES string of the molecule is O=C(CSc1c2c(nc3ccc(Cl)cc13)CCCC2)NC[C@@H]1CCCO1. The fourth-order valence-corrected chi connectivity index (χ4v) is 5.00. The molecule has 0 spiro atoms. The summed E-state index contributed by atoms with van der Waals surface area (Å²) in [6.07, 6.45) is 6.72. The van der Waals surface area contributed by atoms with Crippen molar-refractivity contribution >= 4 is 40.2 Å². The van der Waals surface area contributed by atoms with Crippen molar-refractivity contribution in [3.63, 3.8) is 0 Å². The number of nitrogens with one attached hydrogen (secondary N) is 1. The van der Waals surface area contributed by atoms with Gasteiger partial charge in [-0.1, -0.05) is 11.6 Å². The molecule has 4 rings (SSSR count). The van der Waals surface area contributed by atoms with Crippen LogP contribution in [0.15, 0.2) is 23.1 Å². The van der Waals surface area contributed by atoms with Gasteiger partial charge in [0.05, 0.1) is 17.4 Å². The lowest BCUT2D eigenvalue weighted by atomic mass is 9.94. The number of benzene rings is 1. The first kappa shape index (κ1) is 18.1. The number of hydrogen-bond acceptors (Lipinski definition) is 4. The van der Waals surface area contributed by atoms with Gasteiger partial charge in [0.2, 0.25) is 5.91 Å². The molecule has 2 aromatic rings. The molecule has 2 heterocycles. The summed E-state index contributed by atoms with van der Waals surface area (Å²) >= 11 is 7.84. The van der Waals surface area contributed by atoms with Gasteiger partial charge in [0.25, 0.3) is 0 Å². The Labute approximate surface area is 163 Å². The first-order valence-corrected chi connectivity index (χ1v) is 10.7. The number of halogens is 1. The molecule has 1 aromatic carbocycles. The Morgan fingerprint density at radius 1 is 1.31 bits per heavy atom. The molecule has 1 N–H and O–H groups in total. The summed E-state index contributed by atoms with van der Waals surface area (Å²) in [4.78, 5) is 18.3. The third-order valence-electron chi connectivity index (χ3n) is 5.07. The predicted molar refractivity (Wildman–Crippen MR) is 106 cm³/mol. The summed E-state index contributed by atoms with van der Waals surface area (Å²) < 4.78 is 5.57. The second-order valence-corrected chi connectivity index (χ2v) is 8.38. The molecule has 1 aliphatic carbocycles. The smallest absolute Gasteiger partial charge is 0.230 e. The van der Waals surface area contributed by atoms with Crippen molar-refractivity contribution < 1.29 is 9.53 Å². The van der Waals surface area contributed by atoms with E-state index in [0.29, 0.717) is 17.3 Å². The standard InChI is InChI=1S/C20H23ClN2O2S/c21-13-7-8-18-16(10-13)20(15-5-1-2-6-17(15)23-18)26-12-19(24)22-11-14-4-3-9-25-14/h7-8,10,14H,1-6,9,11-12H2,(H,22,24)/t14-/m0/s1. The lowest BCUT2D eigenvalue weighted by molar-refractivity contribution is -0.119. The second-order valence-electron chi connectivity index (χ2n) is 6.96. The van der Waals surface area contributed by atoms with Crippen molar-refractivity contribution in [1.29, 1.82) is 0 Å². The zero-order valence-corrected chi connectivity index (χ0v) is 16.3. The van der Waals surface area contributed by atoms with Gasteiger partial charge in [-0.2, -0.15) is 0 Å². The van der Waals surface area contributed by atoms with E-state index in [2.05, 4.69) is 5.32 Å². The van der Waals surface area contributed by atoms with Crippen LogP contribution in [-0.2, 0) is 22.4 Å². The van der Waals surface area contributed by atoms with Gasteiger partial charge in [0.1, 0.15) is 0 Å². The number of hydrogen-bond donors (Lipinski definition) is 1. The molecule has 1 aliphatic heterocycles. The normalized spacial score (nSPS) is 19.5. The minimum Gasteiger partial charge on any atom is -0.376 e. The van der Waals surface area contributed by atoms with Crippen LogP contribution in [0.25, 0.3) is 10.9 Å². The van der Waals surface area contributed by atoms with Crippen molar-refractivity contribution in [2.24, 2.45) is 0 Å². The van der Waals surface area contributed by atoms with Gasteiger partial charge >= 0.3 is 0 Å². The van der Waals surface area contributed by atoms with Gasteiger partial charge in [-0.15, -0.1) is 11.8 Å². The van der Waals surface area contributed by atoms with Crippen LogP contribution in [0.4, 0.5) is 0 Å². The number of ether oxygens (including phenoxy) is 1. The van der Waals surface area contributed by atoms with E-state index < -0.39 is 0 Å². The zero-order valence-electron chi connectivity index (χ0n) is 14.7. The number of carbonyl (C=O) groups excluding carboxylic acids is 1. The molecule has 0 radical (unpaired) electrons. The predicted octanol–water partition coefficient (Wildman–Crippen LogP) is 4.15. The van der Waals surface area contributed by atoms with Gasteiger partial charge in [0.15, 0.2) is 0 Å². The molecule has 4 nitrogen and oxygen atoms in total. The summed E-state index contributed by atoms with van der Waals surface area (Å²) in [6.45, 7) is 1.42. The van der Waals surface area contributed by atoms with Gasteiger partial charge in [-0.3, -0.25) is 9.78 Å². The Bertz CT molecular complexity index is 821. The van der Waals surface area contributed by atoms with E-state index in [-0.39, 0.29) is 12.0 Å². The van der Waals surface area contributed by atoms with Crippen LogP contribution in [0, 0.1) is 0 Å². The van der Waals surface area contributed by atoms with E-state index in [1.165, 1.54) is 29.0 Å². The second kappa shape index (κ2) is 8.15. The highest BCUT2D eigenvalue weighted by Gasteiger charge is 2.20. The fourth-order valence-electron chi connectivity index (χ4n) is 3.74. The van der Waals surface area contributed by atoms with Crippen molar-refractivity contribution in [2.75, 3.05) is 18.9 Å². The van der Waals surface area contributed by atoms with Crippen LogP contribution in [0.3, 0.4) is 0 Å². The Kier molecular flexibility index (Phi) is 5.67. The van der Waals surface area contributed by atoms with Crippen LogP contribution < -0.4 is 5.32 Å². The maximum absolute atomic E-state index is 12.3. The molecule has 1 atom stereocenters. The largest absolute Gasteiger partial charge is 0.376 e. The highest BCUT2D eigenvalue weighted by atomic mass is 35.5. The average Bonchev–Trinajstić information content (AvgIpc) is 3.17. The van der Waals surface area contributed by atoms with E-state index in [4.69, 9.17) is 21.3 Å². The molecule has 2 aliphatic rings. The molecule has 1 fully saturated rings. The van der Waals surface area contributed by atoms with E-state index in [1.807, 2.05) is 18.2 Å². The van der Waals surface area contributed by atoms with Crippen molar-refractivity contribution in [3.05, 3.63) is 34.5 Å². The number of fused-ring (bicyclic) bond motifs is 2. The maximum Gasteiger partial charge on any atom is 0.230 e. The first-order valence-electron chi connectivity index (χ1n) is 9.33.